The predicted octanol–water partition coefficient (Wildman–Crippen LogP) is 4.18. The molecule has 1 fully saturated rings. The van der Waals surface area contributed by atoms with Crippen molar-refractivity contribution in [3.63, 3.8) is 0 Å². The van der Waals surface area contributed by atoms with Gasteiger partial charge in [0.2, 0.25) is 0 Å². The molecule has 0 radical (unpaired) electrons. The largest absolute Gasteiger partial charge is 0.329 e. The first kappa shape index (κ1) is 17.0. The van der Waals surface area contributed by atoms with Crippen LogP contribution in [-0.4, -0.2) is 30.1 Å². The Bertz CT molecular complexity index is 241. The molecule has 2 nitrogen and oxygen atoms in total. The summed E-state index contributed by atoms with van der Waals surface area (Å²) < 4.78 is 0. The molecule has 0 heterocycles. The Morgan fingerprint density at radius 1 is 1.16 bits per heavy atom. The van der Waals surface area contributed by atoms with E-state index in [1.807, 2.05) is 0 Å². The van der Waals surface area contributed by atoms with E-state index >= 15 is 0 Å². The van der Waals surface area contributed by atoms with Gasteiger partial charge in [-0.2, -0.15) is 0 Å². The van der Waals surface area contributed by atoms with Gasteiger partial charge < -0.3 is 5.73 Å². The average molecular weight is 268 g/mol. The van der Waals surface area contributed by atoms with Crippen LogP contribution in [-0.2, 0) is 0 Å². The minimum atomic E-state index is 0.198. The number of nitrogens with two attached hydrogens (primary N) is 1. The summed E-state index contributed by atoms with van der Waals surface area (Å²) in [5.41, 5.74) is 6.33. The summed E-state index contributed by atoms with van der Waals surface area (Å²) in [6, 6.07) is 0.744. The summed E-state index contributed by atoms with van der Waals surface area (Å²) >= 11 is 0. The molecule has 0 aromatic heterocycles. The van der Waals surface area contributed by atoms with Gasteiger partial charge in [-0.05, 0) is 39.2 Å². The monoisotopic (exact) mass is 268 g/mol. The summed E-state index contributed by atoms with van der Waals surface area (Å²) in [6.45, 7) is 7.87. The lowest BCUT2D eigenvalue weighted by molar-refractivity contribution is 0.0352. The van der Waals surface area contributed by atoms with E-state index in [9.17, 15) is 0 Å². The molecule has 1 rings (SSSR count). The lowest BCUT2D eigenvalue weighted by Gasteiger charge is -2.47. The summed E-state index contributed by atoms with van der Waals surface area (Å²) in [5, 5.41) is 0. The molecule has 0 aliphatic heterocycles. The molecule has 0 amide bonds. The van der Waals surface area contributed by atoms with Crippen molar-refractivity contribution in [1.29, 1.82) is 0 Å². The van der Waals surface area contributed by atoms with Crippen LogP contribution >= 0.6 is 0 Å². The molecule has 19 heavy (non-hydrogen) atoms. The summed E-state index contributed by atoms with van der Waals surface area (Å²) in [5.74, 6) is 0.834. The van der Waals surface area contributed by atoms with Crippen LogP contribution in [0.25, 0.3) is 0 Å². The Balaban J connectivity index is 2.54. The third-order valence-electron chi connectivity index (χ3n) is 5.42. The van der Waals surface area contributed by atoms with Crippen LogP contribution in [0.2, 0.25) is 0 Å². The first-order valence-corrected chi connectivity index (χ1v) is 8.48. The molecule has 0 aromatic rings. The van der Waals surface area contributed by atoms with Crippen molar-refractivity contribution in [2.24, 2.45) is 11.7 Å². The van der Waals surface area contributed by atoms with Gasteiger partial charge in [0, 0.05) is 18.1 Å². The zero-order valence-electron chi connectivity index (χ0n) is 13.8. The minimum absolute atomic E-state index is 0.198. The third kappa shape index (κ3) is 4.75. The van der Waals surface area contributed by atoms with E-state index < -0.39 is 0 Å². The van der Waals surface area contributed by atoms with E-state index in [2.05, 4.69) is 32.7 Å². The van der Waals surface area contributed by atoms with E-state index in [0.717, 1.165) is 18.5 Å². The predicted molar refractivity (Wildman–Crippen MR) is 85.4 cm³/mol. The van der Waals surface area contributed by atoms with E-state index in [0.29, 0.717) is 0 Å². The highest BCUT2D eigenvalue weighted by Crippen LogP contribution is 2.33. The lowest BCUT2D eigenvalue weighted by atomic mass is 9.81. The second kappa shape index (κ2) is 8.26. The number of unbranched alkanes of at least 4 members (excludes halogenated alkanes) is 3. The minimum Gasteiger partial charge on any atom is -0.329 e. The van der Waals surface area contributed by atoms with Gasteiger partial charge in [-0.25, -0.2) is 0 Å². The molecule has 0 bridgehead atoms. The zero-order chi connectivity index (χ0) is 14.3. The first-order valence-electron chi connectivity index (χ1n) is 8.48. The van der Waals surface area contributed by atoms with Crippen LogP contribution in [0.4, 0.5) is 0 Å². The SMILES string of the molecule is CCCCCCC(C)(CN)N(C)C1CCCCC1C. The van der Waals surface area contributed by atoms with E-state index in [1.54, 1.807) is 0 Å². The molecule has 114 valence electrons. The Labute approximate surface area is 121 Å². The Morgan fingerprint density at radius 2 is 1.84 bits per heavy atom. The molecule has 1 saturated carbocycles. The van der Waals surface area contributed by atoms with Crippen molar-refractivity contribution in [1.82, 2.24) is 4.90 Å². The maximum Gasteiger partial charge on any atom is 0.0303 e. The van der Waals surface area contributed by atoms with Crippen LogP contribution in [0.5, 0.6) is 0 Å². The molecule has 1 aliphatic carbocycles. The zero-order valence-corrected chi connectivity index (χ0v) is 13.8. The van der Waals surface area contributed by atoms with Gasteiger partial charge in [-0.15, -0.1) is 0 Å². The fraction of sp³-hybridized carbons (Fsp3) is 1.00. The molecular weight excluding hydrogens is 232 g/mol. The molecule has 0 aromatic carbocycles. The molecule has 2 heteroatoms. The maximum absolute atomic E-state index is 6.13. The van der Waals surface area contributed by atoms with Gasteiger partial charge in [0.25, 0.3) is 0 Å². The maximum atomic E-state index is 6.13. The summed E-state index contributed by atoms with van der Waals surface area (Å²) in [7, 11) is 2.32. The van der Waals surface area contributed by atoms with Crippen molar-refractivity contribution >= 4 is 0 Å². The van der Waals surface area contributed by atoms with Gasteiger partial charge in [0.1, 0.15) is 0 Å². The number of likely N-dealkylation sites (N-methyl/N-ethyl adjacent to an activating group) is 1. The van der Waals surface area contributed by atoms with Gasteiger partial charge >= 0.3 is 0 Å². The molecule has 2 N–H and O–H groups in total. The fourth-order valence-electron chi connectivity index (χ4n) is 3.63. The standard InChI is InChI=1S/C17H36N2/c1-5-6-7-10-13-17(3,14-18)19(4)16-12-9-8-11-15(16)2/h15-16H,5-14,18H2,1-4H3. The third-order valence-corrected chi connectivity index (χ3v) is 5.42. The van der Waals surface area contributed by atoms with E-state index in [-0.39, 0.29) is 5.54 Å². The Morgan fingerprint density at radius 3 is 2.42 bits per heavy atom. The Hall–Kier alpha value is -0.0800. The van der Waals surface area contributed by atoms with Crippen LogP contribution in [0.15, 0.2) is 0 Å². The second-order valence-electron chi connectivity index (χ2n) is 6.95. The Kier molecular flexibility index (Phi) is 7.38. The van der Waals surface area contributed by atoms with Crippen LogP contribution < -0.4 is 5.73 Å². The van der Waals surface area contributed by atoms with Crippen molar-refractivity contribution in [3.8, 4) is 0 Å². The highest BCUT2D eigenvalue weighted by molar-refractivity contribution is 4.92. The highest BCUT2D eigenvalue weighted by Gasteiger charge is 2.35. The molecular formula is C17H36N2. The van der Waals surface area contributed by atoms with Crippen LogP contribution in [0.1, 0.15) is 78.6 Å². The highest BCUT2D eigenvalue weighted by atomic mass is 15.2. The molecule has 0 spiro atoms. The number of hydrogen-bond donors (Lipinski definition) is 1. The summed E-state index contributed by atoms with van der Waals surface area (Å²) in [4.78, 5) is 2.63. The molecule has 3 unspecified atom stereocenters. The smallest absolute Gasteiger partial charge is 0.0303 e. The van der Waals surface area contributed by atoms with Crippen molar-refractivity contribution in [2.75, 3.05) is 13.6 Å². The topological polar surface area (TPSA) is 29.3 Å². The van der Waals surface area contributed by atoms with Crippen LogP contribution in [0.3, 0.4) is 0 Å². The van der Waals surface area contributed by atoms with Gasteiger partial charge in [-0.3, -0.25) is 4.90 Å². The van der Waals surface area contributed by atoms with Crippen molar-refractivity contribution in [2.45, 2.75) is 90.1 Å². The molecule has 3 atom stereocenters. The van der Waals surface area contributed by atoms with E-state index in [1.165, 1.54) is 57.8 Å². The quantitative estimate of drug-likeness (QED) is 0.669. The van der Waals surface area contributed by atoms with Crippen molar-refractivity contribution in [3.05, 3.63) is 0 Å². The number of rotatable bonds is 8. The number of hydrogen-bond acceptors (Lipinski definition) is 2. The van der Waals surface area contributed by atoms with Crippen molar-refractivity contribution < 1.29 is 0 Å². The van der Waals surface area contributed by atoms with Gasteiger partial charge in [-0.1, -0.05) is 52.4 Å². The second-order valence-corrected chi connectivity index (χ2v) is 6.95. The van der Waals surface area contributed by atoms with Gasteiger partial charge in [0.15, 0.2) is 0 Å². The lowest BCUT2D eigenvalue weighted by Crippen LogP contribution is -2.56. The molecule has 1 aliphatic rings. The number of nitrogens with zero attached hydrogens (tertiary/aromatic N) is 1. The van der Waals surface area contributed by atoms with Crippen LogP contribution in [0, 0.1) is 5.92 Å². The normalized spacial score (nSPS) is 27.5. The molecule has 0 saturated heterocycles. The van der Waals surface area contributed by atoms with Gasteiger partial charge in [0.05, 0.1) is 0 Å². The fourth-order valence-corrected chi connectivity index (χ4v) is 3.63. The average Bonchev–Trinajstić information content (AvgIpc) is 2.43. The van der Waals surface area contributed by atoms with E-state index in [4.69, 9.17) is 5.73 Å². The summed E-state index contributed by atoms with van der Waals surface area (Å²) in [6.07, 6.45) is 12.2. The first-order chi connectivity index (χ1) is 9.05.